The van der Waals surface area contributed by atoms with Gasteiger partial charge in [0.15, 0.2) is 0 Å². The highest BCUT2D eigenvalue weighted by Crippen LogP contribution is 2.34. The van der Waals surface area contributed by atoms with E-state index in [1.54, 1.807) is 24.0 Å². The first-order valence-electron chi connectivity index (χ1n) is 5.59. The zero-order chi connectivity index (χ0) is 13.3. The number of amides is 1. The van der Waals surface area contributed by atoms with Crippen molar-refractivity contribution in [1.82, 2.24) is 5.32 Å². The molecule has 1 aliphatic rings. The molecule has 0 aliphatic carbocycles. The smallest absolute Gasteiger partial charge is 0.315 e. The number of rotatable bonds is 2. The maximum Gasteiger partial charge on any atom is 0.315 e. The lowest BCUT2D eigenvalue weighted by Gasteiger charge is -2.34. The average molecular weight is 250 g/mol. The first-order valence-corrected chi connectivity index (χ1v) is 5.59. The second-order valence-corrected chi connectivity index (χ2v) is 4.13. The summed E-state index contributed by atoms with van der Waals surface area (Å²) in [5.74, 6) is -0.141. The van der Waals surface area contributed by atoms with Gasteiger partial charge in [-0.1, -0.05) is 6.07 Å². The highest BCUT2D eigenvalue weighted by molar-refractivity contribution is 5.88. The van der Waals surface area contributed by atoms with E-state index in [9.17, 15) is 14.9 Å². The number of nitrogens with one attached hydrogen (secondary N) is 1. The molecule has 1 atom stereocenters. The molecule has 1 aromatic rings. The quantitative estimate of drug-likeness (QED) is 0.452. The van der Waals surface area contributed by atoms with Gasteiger partial charge in [0, 0.05) is 13.1 Å². The molecule has 96 valence electrons. The minimum absolute atomic E-state index is 0.107. The van der Waals surface area contributed by atoms with E-state index in [2.05, 4.69) is 5.32 Å². The first kappa shape index (κ1) is 12.2. The van der Waals surface area contributed by atoms with E-state index in [0.717, 1.165) is 0 Å². The Morgan fingerprint density at radius 1 is 1.56 bits per heavy atom. The summed E-state index contributed by atoms with van der Waals surface area (Å²) in [5.41, 5.74) is 6.00. The second kappa shape index (κ2) is 4.52. The molecule has 1 aromatic carbocycles. The normalized spacial score (nSPS) is 19.5. The number of nitro groups is 1. The lowest BCUT2D eigenvalue weighted by atomic mass is 10.1. The van der Waals surface area contributed by atoms with Crippen LogP contribution in [-0.2, 0) is 4.79 Å². The average Bonchev–Trinajstić information content (AvgIpc) is 2.32. The van der Waals surface area contributed by atoms with Crippen LogP contribution in [0.2, 0.25) is 0 Å². The van der Waals surface area contributed by atoms with Crippen molar-refractivity contribution < 1.29 is 9.72 Å². The van der Waals surface area contributed by atoms with Crippen LogP contribution >= 0.6 is 0 Å². The molecule has 0 saturated carbocycles. The number of carbonyl (C=O) groups excluding carboxylic acids is 1. The zero-order valence-corrected chi connectivity index (χ0v) is 9.92. The Balaban J connectivity index is 2.47. The van der Waals surface area contributed by atoms with E-state index in [0.29, 0.717) is 18.8 Å². The van der Waals surface area contributed by atoms with Gasteiger partial charge in [0.25, 0.3) is 0 Å². The Hall–Kier alpha value is -2.31. The number of nitrogen functional groups attached to an aromatic ring is 1. The highest BCUT2D eigenvalue weighted by Gasteiger charge is 2.31. The third kappa shape index (κ3) is 1.94. The van der Waals surface area contributed by atoms with Crippen molar-refractivity contribution in [2.75, 3.05) is 23.7 Å². The monoisotopic (exact) mass is 250 g/mol. The minimum Gasteiger partial charge on any atom is -0.393 e. The summed E-state index contributed by atoms with van der Waals surface area (Å²) in [6, 6.07) is 4.30. The van der Waals surface area contributed by atoms with E-state index in [1.807, 2.05) is 0 Å². The molecule has 1 fully saturated rings. The third-order valence-corrected chi connectivity index (χ3v) is 3.04. The van der Waals surface area contributed by atoms with Crippen LogP contribution in [0.25, 0.3) is 0 Å². The van der Waals surface area contributed by atoms with E-state index in [1.165, 1.54) is 6.07 Å². The predicted molar refractivity (Wildman–Crippen MR) is 67.3 cm³/mol. The summed E-state index contributed by atoms with van der Waals surface area (Å²) in [6.45, 7) is 2.70. The number of benzene rings is 1. The number of nitrogens with zero attached hydrogens (tertiary/aromatic N) is 2. The van der Waals surface area contributed by atoms with Gasteiger partial charge in [-0.15, -0.1) is 0 Å². The van der Waals surface area contributed by atoms with Crippen LogP contribution in [0.4, 0.5) is 17.1 Å². The van der Waals surface area contributed by atoms with E-state index < -0.39 is 11.0 Å². The minimum atomic E-state index is -0.510. The van der Waals surface area contributed by atoms with Gasteiger partial charge in [-0.25, -0.2) is 0 Å². The number of carbonyl (C=O) groups is 1. The van der Waals surface area contributed by atoms with Crippen LogP contribution in [0.15, 0.2) is 18.2 Å². The maximum atomic E-state index is 11.6. The molecule has 1 heterocycles. The number of nitrogens with two attached hydrogens (primary N) is 1. The van der Waals surface area contributed by atoms with Gasteiger partial charge in [0.2, 0.25) is 5.91 Å². The van der Waals surface area contributed by atoms with E-state index in [-0.39, 0.29) is 17.3 Å². The molecule has 0 bridgehead atoms. The van der Waals surface area contributed by atoms with Crippen molar-refractivity contribution in [2.45, 2.75) is 13.0 Å². The second-order valence-electron chi connectivity index (χ2n) is 4.13. The van der Waals surface area contributed by atoms with Crippen molar-refractivity contribution >= 4 is 23.0 Å². The third-order valence-electron chi connectivity index (χ3n) is 3.04. The fourth-order valence-electron chi connectivity index (χ4n) is 2.09. The van der Waals surface area contributed by atoms with Crippen LogP contribution in [0.3, 0.4) is 0 Å². The van der Waals surface area contributed by atoms with Crippen molar-refractivity contribution in [1.29, 1.82) is 0 Å². The Kier molecular flexibility index (Phi) is 3.05. The molecular formula is C11H14N4O3. The Morgan fingerprint density at radius 3 is 2.94 bits per heavy atom. The lowest BCUT2D eigenvalue weighted by molar-refractivity contribution is -0.383. The molecule has 3 N–H and O–H groups in total. The fraction of sp³-hybridized carbons (Fsp3) is 0.364. The molecule has 18 heavy (non-hydrogen) atoms. The predicted octanol–water partition coefficient (Wildman–Crippen LogP) is 0.502. The maximum absolute atomic E-state index is 11.6. The topological polar surface area (TPSA) is 102 Å². The van der Waals surface area contributed by atoms with Crippen LogP contribution in [-0.4, -0.2) is 30.0 Å². The highest BCUT2D eigenvalue weighted by atomic mass is 16.6. The molecule has 1 saturated heterocycles. The number of hydrogen-bond acceptors (Lipinski definition) is 5. The van der Waals surface area contributed by atoms with Gasteiger partial charge in [-0.3, -0.25) is 14.9 Å². The molecule has 0 radical (unpaired) electrons. The Bertz CT molecular complexity index is 503. The first-order chi connectivity index (χ1) is 8.52. The van der Waals surface area contributed by atoms with E-state index in [4.69, 9.17) is 5.73 Å². The van der Waals surface area contributed by atoms with Gasteiger partial charge in [0.1, 0.15) is 17.4 Å². The van der Waals surface area contributed by atoms with Gasteiger partial charge >= 0.3 is 5.69 Å². The molecule has 7 nitrogen and oxygen atoms in total. The van der Waals surface area contributed by atoms with Crippen LogP contribution < -0.4 is 16.0 Å². The van der Waals surface area contributed by atoms with Crippen molar-refractivity contribution in [2.24, 2.45) is 0 Å². The summed E-state index contributed by atoms with van der Waals surface area (Å²) in [7, 11) is 0. The summed E-state index contributed by atoms with van der Waals surface area (Å²) in [4.78, 5) is 23.9. The van der Waals surface area contributed by atoms with Crippen molar-refractivity contribution in [3.8, 4) is 0 Å². The van der Waals surface area contributed by atoms with E-state index >= 15 is 0 Å². The summed E-state index contributed by atoms with van der Waals surface area (Å²) >= 11 is 0. The molecular weight excluding hydrogens is 236 g/mol. The van der Waals surface area contributed by atoms with Crippen LogP contribution in [0, 0.1) is 10.1 Å². The SMILES string of the molecule is CC1C(=O)NCCN1c1cccc(N)c1[N+](=O)[O-]. The van der Waals surface area contributed by atoms with Gasteiger partial charge in [-0.2, -0.15) is 0 Å². The molecule has 0 spiro atoms. The summed E-state index contributed by atoms with van der Waals surface area (Å²) in [6.07, 6.45) is 0. The number of nitro benzene ring substituents is 1. The van der Waals surface area contributed by atoms with Crippen LogP contribution in [0.5, 0.6) is 0 Å². The summed E-state index contributed by atoms with van der Waals surface area (Å²) in [5, 5.41) is 13.8. The van der Waals surface area contributed by atoms with Gasteiger partial charge in [-0.05, 0) is 19.1 Å². The molecule has 0 aromatic heterocycles. The zero-order valence-electron chi connectivity index (χ0n) is 9.92. The summed E-state index contributed by atoms with van der Waals surface area (Å²) < 4.78 is 0. The van der Waals surface area contributed by atoms with Crippen molar-refractivity contribution in [3.05, 3.63) is 28.3 Å². The number of piperazine rings is 1. The van der Waals surface area contributed by atoms with Crippen molar-refractivity contribution in [3.63, 3.8) is 0 Å². The van der Waals surface area contributed by atoms with Crippen LogP contribution in [0.1, 0.15) is 6.92 Å². The number of para-hydroxylation sites is 1. The molecule has 7 heteroatoms. The lowest BCUT2D eigenvalue weighted by Crippen LogP contribution is -2.54. The molecule has 1 unspecified atom stereocenters. The number of hydrogen-bond donors (Lipinski definition) is 2. The fourth-order valence-corrected chi connectivity index (χ4v) is 2.09. The molecule has 1 aliphatic heterocycles. The Morgan fingerprint density at radius 2 is 2.28 bits per heavy atom. The molecule has 2 rings (SSSR count). The standard InChI is InChI=1S/C11H14N4O3/c1-7-11(16)13-5-6-14(7)9-4-2-3-8(12)10(9)15(17)18/h2-4,7H,5-6,12H2,1H3,(H,13,16). The Labute approximate surface area is 104 Å². The molecule has 1 amide bonds. The van der Waals surface area contributed by atoms with Gasteiger partial charge in [0.05, 0.1) is 4.92 Å². The largest absolute Gasteiger partial charge is 0.393 e. The van der Waals surface area contributed by atoms with Gasteiger partial charge < -0.3 is 16.0 Å². The number of anilines is 2.